The van der Waals surface area contributed by atoms with Crippen LogP contribution in [0, 0.1) is 0 Å². The minimum absolute atomic E-state index is 0.193. The Hall–Kier alpha value is -2.80. The molecule has 9 heteroatoms. The Morgan fingerprint density at radius 2 is 1.69 bits per heavy atom. The van der Waals surface area contributed by atoms with Crippen molar-refractivity contribution in [2.24, 2.45) is 5.10 Å². The van der Waals surface area contributed by atoms with Gasteiger partial charge in [-0.25, -0.2) is 5.43 Å². The van der Waals surface area contributed by atoms with Gasteiger partial charge in [0.15, 0.2) is 0 Å². The predicted molar refractivity (Wildman–Crippen MR) is 113 cm³/mol. The summed E-state index contributed by atoms with van der Waals surface area (Å²) in [4.78, 5) is 23.6. The van der Waals surface area contributed by atoms with E-state index >= 15 is 0 Å². The summed E-state index contributed by atoms with van der Waals surface area (Å²) >= 11 is 17.7. The van der Waals surface area contributed by atoms with Gasteiger partial charge >= 0.3 is 11.8 Å². The van der Waals surface area contributed by atoms with Crippen molar-refractivity contribution in [1.29, 1.82) is 0 Å². The molecular formula is C20H14Cl3N3O3. The number of carbonyl (C=O) groups excluding carboxylic acids is 2. The third-order valence-electron chi connectivity index (χ3n) is 3.76. The number of amides is 2. The topological polar surface area (TPSA) is 83.7 Å². The fraction of sp³-hybridized carbons (Fsp3) is 0.0500. The highest BCUT2D eigenvalue weighted by Gasteiger charge is 2.12. The molecule has 0 unspecified atom stereocenters. The first-order valence-corrected chi connectivity index (χ1v) is 9.47. The van der Waals surface area contributed by atoms with Gasteiger partial charge in [0.25, 0.3) is 0 Å². The number of halogens is 3. The van der Waals surface area contributed by atoms with Crippen LogP contribution >= 0.6 is 34.8 Å². The molecule has 0 spiro atoms. The molecule has 0 radical (unpaired) electrons. The van der Waals surface area contributed by atoms with Gasteiger partial charge in [0.05, 0.1) is 16.3 Å². The van der Waals surface area contributed by atoms with E-state index in [1.165, 1.54) is 6.21 Å². The Labute approximate surface area is 181 Å². The fourth-order valence-corrected chi connectivity index (χ4v) is 2.72. The van der Waals surface area contributed by atoms with E-state index in [9.17, 15) is 9.59 Å². The first-order chi connectivity index (χ1) is 13.9. The number of furan rings is 1. The zero-order valence-electron chi connectivity index (χ0n) is 14.8. The zero-order chi connectivity index (χ0) is 20.8. The van der Waals surface area contributed by atoms with Crippen LogP contribution in [0.2, 0.25) is 15.1 Å². The fourth-order valence-electron chi connectivity index (χ4n) is 2.30. The smallest absolute Gasteiger partial charge is 0.329 e. The van der Waals surface area contributed by atoms with Crippen molar-refractivity contribution >= 4 is 52.8 Å². The average Bonchev–Trinajstić information content (AvgIpc) is 3.18. The van der Waals surface area contributed by atoms with Crippen molar-refractivity contribution in [2.45, 2.75) is 6.54 Å². The Bertz CT molecular complexity index is 1060. The molecular weight excluding hydrogens is 437 g/mol. The summed E-state index contributed by atoms with van der Waals surface area (Å²) < 4.78 is 5.61. The van der Waals surface area contributed by atoms with Gasteiger partial charge in [-0.2, -0.15) is 5.10 Å². The van der Waals surface area contributed by atoms with Crippen LogP contribution < -0.4 is 10.7 Å². The van der Waals surface area contributed by atoms with Crippen LogP contribution in [0.3, 0.4) is 0 Å². The molecule has 2 aromatic carbocycles. The van der Waals surface area contributed by atoms with Crippen LogP contribution in [0.5, 0.6) is 0 Å². The van der Waals surface area contributed by atoms with Gasteiger partial charge in [-0.15, -0.1) is 0 Å². The summed E-state index contributed by atoms with van der Waals surface area (Å²) in [6.45, 7) is 0.193. The lowest BCUT2D eigenvalue weighted by molar-refractivity contribution is -0.139. The van der Waals surface area contributed by atoms with Crippen LogP contribution in [0.4, 0.5) is 0 Å². The van der Waals surface area contributed by atoms with Crippen LogP contribution in [-0.4, -0.2) is 18.0 Å². The molecule has 0 fully saturated rings. The van der Waals surface area contributed by atoms with Gasteiger partial charge in [-0.1, -0.05) is 46.9 Å². The summed E-state index contributed by atoms with van der Waals surface area (Å²) in [5.41, 5.74) is 3.69. The standard InChI is InChI=1S/C20H14Cl3N3O3/c21-14-4-1-12(2-5-14)10-24-19(27)20(28)26-25-11-15-6-8-18(29-15)13-3-7-16(22)17(23)9-13/h1-9,11H,10H2,(H,24,27)(H,26,28)/b25-11+. The molecule has 29 heavy (non-hydrogen) atoms. The van der Waals surface area contributed by atoms with Crippen molar-refractivity contribution in [1.82, 2.24) is 10.7 Å². The molecule has 2 amide bonds. The number of nitrogens with one attached hydrogen (secondary N) is 2. The molecule has 0 bridgehead atoms. The summed E-state index contributed by atoms with van der Waals surface area (Å²) in [5, 5.41) is 7.66. The quantitative estimate of drug-likeness (QED) is 0.336. The number of benzene rings is 2. The van der Waals surface area contributed by atoms with Crippen molar-refractivity contribution in [2.75, 3.05) is 0 Å². The summed E-state index contributed by atoms with van der Waals surface area (Å²) in [6, 6.07) is 15.4. The van der Waals surface area contributed by atoms with E-state index in [0.29, 0.717) is 26.6 Å². The molecule has 0 atom stereocenters. The largest absolute Gasteiger partial charge is 0.455 e. The molecule has 2 N–H and O–H groups in total. The molecule has 148 valence electrons. The Morgan fingerprint density at radius 1 is 0.931 bits per heavy atom. The second-order valence-electron chi connectivity index (χ2n) is 5.84. The maximum Gasteiger partial charge on any atom is 0.329 e. The Kier molecular flexibility index (Phi) is 6.93. The SMILES string of the molecule is O=C(NCc1ccc(Cl)cc1)C(=O)N/N=C/c1ccc(-c2ccc(Cl)c(Cl)c2)o1. The molecule has 6 nitrogen and oxygen atoms in total. The molecule has 3 rings (SSSR count). The third kappa shape index (κ3) is 5.84. The molecule has 0 aliphatic carbocycles. The van der Waals surface area contributed by atoms with Crippen molar-refractivity contribution in [3.05, 3.63) is 81.0 Å². The Morgan fingerprint density at radius 3 is 2.41 bits per heavy atom. The molecule has 1 aromatic heterocycles. The summed E-state index contributed by atoms with van der Waals surface area (Å²) in [6.07, 6.45) is 1.28. The summed E-state index contributed by atoms with van der Waals surface area (Å²) in [5.74, 6) is -0.774. The van der Waals surface area contributed by atoms with E-state index in [1.54, 1.807) is 54.6 Å². The second-order valence-corrected chi connectivity index (χ2v) is 7.09. The molecule has 0 saturated carbocycles. The predicted octanol–water partition coefficient (Wildman–Crippen LogP) is 4.67. The van der Waals surface area contributed by atoms with Crippen molar-refractivity contribution in [3.63, 3.8) is 0 Å². The summed E-state index contributed by atoms with van der Waals surface area (Å²) in [7, 11) is 0. The molecule has 0 aliphatic heterocycles. The lowest BCUT2D eigenvalue weighted by atomic mass is 10.2. The maximum atomic E-state index is 11.8. The van der Waals surface area contributed by atoms with Gasteiger partial charge in [-0.3, -0.25) is 9.59 Å². The van der Waals surface area contributed by atoms with Crippen LogP contribution in [0.15, 0.2) is 64.1 Å². The van der Waals surface area contributed by atoms with Crippen molar-refractivity contribution < 1.29 is 14.0 Å². The normalized spacial score (nSPS) is 10.9. The minimum Gasteiger partial charge on any atom is -0.455 e. The van der Waals surface area contributed by atoms with E-state index in [-0.39, 0.29) is 6.54 Å². The van der Waals surface area contributed by atoms with Gasteiger partial charge < -0.3 is 9.73 Å². The van der Waals surface area contributed by atoms with Gasteiger partial charge in [0, 0.05) is 17.1 Å². The van der Waals surface area contributed by atoms with Crippen LogP contribution in [0.25, 0.3) is 11.3 Å². The number of rotatable bonds is 5. The highest BCUT2D eigenvalue weighted by atomic mass is 35.5. The van der Waals surface area contributed by atoms with E-state index < -0.39 is 11.8 Å². The highest BCUT2D eigenvalue weighted by molar-refractivity contribution is 6.42. The van der Waals surface area contributed by atoms with Gasteiger partial charge in [0.1, 0.15) is 11.5 Å². The van der Waals surface area contributed by atoms with Crippen LogP contribution in [0.1, 0.15) is 11.3 Å². The first-order valence-electron chi connectivity index (χ1n) is 8.33. The molecule has 3 aromatic rings. The van der Waals surface area contributed by atoms with Crippen molar-refractivity contribution in [3.8, 4) is 11.3 Å². The zero-order valence-corrected chi connectivity index (χ0v) is 17.1. The lowest BCUT2D eigenvalue weighted by Crippen LogP contribution is -2.37. The lowest BCUT2D eigenvalue weighted by Gasteiger charge is -2.04. The average molecular weight is 451 g/mol. The molecule has 0 saturated heterocycles. The van der Waals surface area contributed by atoms with Gasteiger partial charge in [0.2, 0.25) is 0 Å². The maximum absolute atomic E-state index is 11.8. The molecule has 0 aliphatic rings. The van der Waals surface area contributed by atoms with E-state index in [1.807, 2.05) is 0 Å². The monoisotopic (exact) mass is 449 g/mol. The van der Waals surface area contributed by atoms with E-state index in [0.717, 1.165) is 11.1 Å². The highest BCUT2D eigenvalue weighted by Crippen LogP contribution is 2.29. The second kappa shape index (κ2) is 9.60. The number of hydrazone groups is 1. The first kappa shape index (κ1) is 20.9. The van der Waals surface area contributed by atoms with Gasteiger partial charge in [-0.05, 0) is 48.0 Å². The van der Waals surface area contributed by atoms with Crippen LogP contribution in [-0.2, 0) is 16.1 Å². The van der Waals surface area contributed by atoms with E-state index in [4.69, 9.17) is 39.2 Å². The van der Waals surface area contributed by atoms with E-state index in [2.05, 4.69) is 15.8 Å². The number of nitrogens with zero attached hydrogens (tertiary/aromatic N) is 1. The number of hydrogen-bond donors (Lipinski definition) is 2. The third-order valence-corrected chi connectivity index (χ3v) is 4.75. The Balaban J connectivity index is 1.52. The minimum atomic E-state index is -0.897. The molecule has 1 heterocycles. The number of hydrogen-bond acceptors (Lipinski definition) is 4. The number of carbonyl (C=O) groups is 2.